The Kier molecular flexibility index (Phi) is 9.46. The van der Waals surface area contributed by atoms with Crippen LogP contribution in [0.1, 0.15) is 45.4 Å². The van der Waals surface area contributed by atoms with Crippen LogP contribution in [-0.4, -0.2) is 69.5 Å². The summed E-state index contributed by atoms with van der Waals surface area (Å²) in [6, 6.07) is 0. The lowest BCUT2D eigenvalue weighted by atomic mass is 9.98. The standard InChI is InChI=1S/C18H36N4O2/c1-2-24-17(16-6-3-4-7-16)8-10-21-18(19)20-9-5-11-22-12-14-23-15-13-22/h16-17H,2-15H2,1H3,(H3,19,20,21). The molecule has 140 valence electrons. The van der Waals surface area contributed by atoms with Gasteiger partial charge in [0.05, 0.1) is 19.3 Å². The fourth-order valence-electron chi connectivity index (χ4n) is 3.72. The van der Waals surface area contributed by atoms with Crippen LogP contribution in [0.3, 0.4) is 0 Å². The molecule has 6 heteroatoms. The third kappa shape index (κ3) is 7.36. The van der Waals surface area contributed by atoms with Crippen molar-refractivity contribution in [2.75, 3.05) is 52.5 Å². The van der Waals surface area contributed by atoms with E-state index in [1.165, 1.54) is 25.7 Å². The number of morpholine rings is 1. The van der Waals surface area contributed by atoms with Gasteiger partial charge in [-0.25, -0.2) is 0 Å². The highest BCUT2D eigenvalue weighted by Gasteiger charge is 2.24. The Morgan fingerprint density at radius 1 is 1.33 bits per heavy atom. The van der Waals surface area contributed by atoms with E-state index in [9.17, 15) is 0 Å². The third-order valence-corrected chi connectivity index (χ3v) is 5.06. The van der Waals surface area contributed by atoms with Crippen molar-refractivity contribution in [3.05, 3.63) is 0 Å². The molecule has 1 unspecified atom stereocenters. The first-order valence-electron chi connectivity index (χ1n) is 9.75. The fraction of sp³-hybridized carbons (Fsp3) is 0.944. The summed E-state index contributed by atoms with van der Waals surface area (Å²) >= 11 is 0. The molecule has 0 radical (unpaired) electrons. The summed E-state index contributed by atoms with van der Waals surface area (Å²) < 4.78 is 11.3. The van der Waals surface area contributed by atoms with Crippen molar-refractivity contribution in [2.45, 2.75) is 51.6 Å². The predicted octanol–water partition coefficient (Wildman–Crippen LogP) is 1.60. The van der Waals surface area contributed by atoms with Gasteiger partial charge in [0, 0.05) is 39.3 Å². The molecule has 1 heterocycles. The average molecular weight is 341 g/mol. The average Bonchev–Trinajstić information content (AvgIpc) is 3.13. The maximum Gasteiger partial charge on any atom is 0.188 e. The Bertz CT molecular complexity index is 353. The molecule has 0 spiro atoms. The number of ether oxygens (including phenoxy) is 2. The van der Waals surface area contributed by atoms with E-state index in [1.807, 2.05) is 0 Å². The van der Waals surface area contributed by atoms with Gasteiger partial charge in [0.2, 0.25) is 0 Å². The topological polar surface area (TPSA) is 72.1 Å². The van der Waals surface area contributed by atoms with E-state index in [1.54, 1.807) is 0 Å². The van der Waals surface area contributed by atoms with Crippen molar-refractivity contribution in [1.82, 2.24) is 10.2 Å². The molecule has 3 N–H and O–H groups in total. The van der Waals surface area contributed by atoms with Gasteiger partial charge in [-0.15, -0.1) is 0 Å². The zero-order chi connectivity index (χ0) is 17.0. The summed E-state index contributed by atoms with van der Waals surface area (Å²) in [6.07, 6.45) is 7.78. The largest absolute Gasteiger partial charge is 0.379 e. The Hall–Kier alpha value is -0.850. The van der Waals surface area contributed by atoms with E-state index < -0.39 is 0 Å². The summed E-state index contributed by atoms with van der Waals surface area (Å²) in [4.78, 5) is 6.86. The molecule has 0 aromatic carbocycles. The number of aliphatic imine (C=N–C) groups is 1. The smallest absolute Gasteiger partial charge is 0.188 e. The number of nitrogens with zero attached hydrogens (tertiary/aromatic N) is 2. The first kappa shape index (κ1) is 19.5. The second-order valence-corrected chi connectivity index (χ2v) is 6.83. The molecule has 2 aliphatic rings. The Morgan fingerprint density at radius 3 is 2.79 bits per heavy atom. The van der Waals surface area contributed by atoms with E-state index in [-0.39, 0.29) is 0 Å². The van der Waals surface area contributed by atoms with E-state index in [0.717, 1.165) is 71.3 Å². The normalized spacial score (nSPS) is 22.0. The van der Waals surface area contributed by atoms with Crippen LogP contribution in [0.25, 0.3) is 0 Å². The predicted molar refractivity (Wildman–Crippen MR) is 98.4 cm³/mol. The Morgan fingerprint density at radius 2 is 2.08 bits per heavy atom. The number of hydrogen-bond acceptors (Lipinski definition) is 4. The Labute approximate surface area is 147 Å². The quantitative estimate of drug-likeness (QED) is 0.359. The fourth-order valence-corrected chi connectivity index (χ4v) is 3.72. The monoisotopic (exact) mass is 340 g/mol. The third-order valence-electron chi connectivity index (χ3n) is 5.06. The van der Waals surface area contributed by atoms with Gasteiger partial charge in [0.15, 0.2) is 5.96 Å². The van der Waals surface area contributed by atoms with Gasteiger partial charge >= 0.3 is 0 Å². The molecule has 1 saturated heterocycles. The molecule has 1 atom stereocenters. The van der Waals surface area contributed by atoms with Crippen molar-refractivity contribution in [3.8, 4) is 0 Å². The molecule has 0 bridgehead atoms. The highest BCUT2D eigenvalue weighted by molar-refractivity contribution is 5.77. The van der Waals surface area contributed by atoms with Crippen LogP contribution >= 0.6 is 0 Å². The van der Waals surface area contributed by atoms with Gasteiger partial charge < -0.3 is 20.5 Å². The number of nitrogens with two attached hydrogens (primary N) is 1. The molecule has 0 amide bonds. The molecular formula is C18H36N4O2. The summed E-state index contributed by atoms with van der Waals surface area (Å²) in [5.74, 6) is 1.30. The van der Waals surface area contributed by atoms with Crippen molar-refractivity contribution in [2.24, 2.45) is 16.6 Å². The van der Waals surface area contributed by atoms with Crippen LogP contribution in [-0.2, 0) is 9.47 Å². The van der Waals surface area contributed by atoms with Crippen LogP contribution in [0.15, 0.2) is 4.99 Å². The van der Waals surface area contributed by atoms with Crippen LogP contribution in [0, 0.1) is 5.92 Å². The summed E-state index contributed by atoms with van der Waals surface area (Å²) in [5, 5.41) is 3.25. The number of hydrogen-bond donors (Lipinski definition) is 2. The maximum atomic E-state index is 5.97. The molecule has 1 aliphatic heterocycles. The van der Waals surface area contributed by atoms with Gasteiger partial charge in [-0.3, -0.25) is 9.89 Å². The zero-order valence-corrected chi connectivity index (χ0v) is 15.3. The lowest BCUT2D eigenvalue weighted by Crippen LogP contribution is -2.37. The first-order valence-corrected chi connectivity index (χ1v) is 9.75. The van der Waals surface area contributed by atoms with Gasteiger partial charge in [-0.2, -0.15) is 0 Å². The maximum absolute atomic E-state index is 5.97. The summed E-state index contributed by atoms with van der Waals surface area (Å²) in [5.41, 5.74) is 5.97. The van der Waals surface area contributed by atoms with Crippen molar-refractivity contribution >= 4 is 5.96 Å². The molecule has 1 saturated carbocycles. The van der Waals surface area contributed by atoms with Crippen LogP contribution in [0.2, 0.25) is 0 Å². The first-order chi connectivity index (χ1) is 11.8. The minimum Gasteiger partial charge on any atom is -0.379 e. The van der Waals surface area contributed by atoms with Crippen LogP contribution in [0.4, 0.5) is 0 Å². The van der Waals surface area contributed by atoms with E-state index in [4.69, 9.17) is 15.2 Å². The molecule has 1 aliphatic carbocycles. The van der Waals surface area contributed by atoms with Crippen LogP contribution < -0.4 is 11.1 Å². The number of rotatable bonds is 10. The molecular weight excluding hydrogens is 304 g/mol. The second kappa shape index (κ2) is 11.7. The Balaban J connectivity index is 1.56. The summed E-state index contributed by atoms with van der Waals surface area (Å²) in [7, 11) is 0. The van der Waals surface area contributed by atoms with Gasteiger partial charge in [-0.05, 0) is 38.5 Å². The molecule has 24 heavy (non-hydrogen) atoms. The van der Waals surface area contributed by atoms with Gasteiger partial charge in [0.1, 0.15) is 0 Å². The van der Waals surface area contributed by atoms with Crippen LogP contribution in [0.5, 0.6) is 0 Å². The lowest BCUT2D eigenvalue weighted by molar-refractivity contribution is 0.0170. The second-order valence-electron chi connectivity index (χ2n) is 6.83. The minimum atomic E-state index is 0.374. The summed E-state index contributed by atoms with van der Waals surface area (Å²) in [6.45, 7) is 9.38. The molecule has 2 fully saturated rings. The molecule has 2 rings (SSSR count). The van der Waals surface area contributed by atoms with Crippen molar-refractivity contribution < 1.29 is 9.47 Å². The zero-order valence-electron chi connectivity index (χ0n) is 15.3. The molecule has 0 aromatic heterocycles. The van der Waals surface area contributed by atoms with Gasteiger partial charge in [0.25, 0.3) is 0 Å². The van der Waals surface area contributed by atoms with E-state index in [0.29, 0.717) is 12.1 Å². The van der Waals surface area contributed by atoms with Crippen molar-refractivity contribution in [1.29, 1.82) is 0 Å². The molecule has 6 nitrogen and oxygen atoms in total. The molecule has 0 aromatic rings. The van der Waals surface area contributed by atoms with E-state index in [2.05, 4.69) is 22.1 Å². The van der Waals surface area contributed by atoms with Crippen molar-refractivity contribution in [3.63, 3.8) is 0 Å². The van der Waals surface area contributed by atoms with Gasteiger partial charge in [-0.1, -0.05) is 12.8 Å². The van der Waals surface area contributed by atoms with E-state index >= 15 is 0 Å². The number of guanidine groups is 1. The lowest BCUT2D eigenvalue weighted by Gasteiger charge is -2.26. The SMILES string of the molecule is CCOC(CCNC(N)=NCCCN1CCOCC1)C1CCCC1. The number of nitrogens with one attached hydrogen (secondary N) is 1. The highest BCUT2D eigenvalue weighted by Crippen LogP contribution is 2.30. The highest BCUT2D eigenvalue weighted by atomic mass is 16.5. The minimum absolute atomic E-state index is 0.374.